The van der Waals surface area contributed by atoms with E-state index >= 15 is 0 Å². The first-order chi connectivity index (χ1) is 9.62. The van der Waals surface area contributed by atoms with Gasteiger partial charge in [0.2, 0.25) is 5.28 Å². The van der Waals surface area contributed by atoms with Gasteiger partial charge in [0.05, 0.1) is 18.5 Å². The Bertz CT molecular complexity index is 606. The van der Waals surface area contributed by atoms with E-state index < -0.39 is 0 Å². The fraction of sp³-hybridized carbons (Fsp3) is 0.615. The number of rotatable bonds is 3. The monoisotopic (exact) mass is 295 g/mol. The van der Waals surface area contributed by atoms with E-state index in [-0.39, 0.29) is 17.4 Å². The molecule has 1 saturated carbocycles. The van der Waals surface area contributed by atoms with Crippen molar-refractivity contribution in [1.82, 2.24) is 19.9 Å². The van der Waals surface area contributed by atoms with Gasteiger partial charge in [-0.15, -0.1) is 0 Å². The lowest BCUT2D eigenvalue weighted by Crippen LogP contribution is -2.45. The van der Waals surface area contributed by atoms with Gasteiger partial charge in [0.15, 0.2) is 11.5 Å². The highest BCUT2D eigenvalue weighted by atomic mass is 35.5. The number of imidazole rings is 1. The van der Waals surface area contributed by atoms with E-state index in [2.05, 4.69) is 32.2 Å². The summed E-state index contributed by atoms with van der Waals surface area (Å²) in [7, 11) is 0. The predicted octanol–water partition coefficient (Wildman–Crippen LogP) is 2.36. The molecule has 20 heavy (non-hydrogen) atoms. The lowest BCUT2D eigenvalue weighted by Gasteiger charge is -2.39. The van der Waals surface area contributed by atoms with E-state index in [1.54, 1.807) is 6.33 Å². The predicted molar refractivity (Wildman–Crippen MR) is 77.8 cm³/mol. The minimum Gasteiger partial charge on any atom is -0.394 e. The third-order valence-corrected chi connectivity index (χ3v) is 4.34. The quantitative estimate of drug-likeness (QED) is 0.757. The van der Waals surface area contributed by atoms with Gasteiger partial charge in [-0.05, 0) is 43.2 Å². The first-order valence-corrected chi connectivity index (χ1v) is 7.25. The molecule has 2 aromatic rings. The fourth-order valence-electron chi connectivity index (χ4n) is 2.79. The number of nitrogens with zero attached hydrogens (tertiary/aromatic N) is 3. The summed E-state index contributed by atoms with van der Waals surface area (Å²) < 4.78 is 0. The van der Waals surface area contributed by atoms with Gasteiger partial charge in [0.1, 0.15) is 5.52 Å². The Balaban J connectivity index is 1.93. The molecule has 6 nitrogen and oxygen atoms in total. The number of nitrogens with one attached hydrogen (secondary N) is 2. The zero-order valence-electron chi connectivity index (χ0n) is 11.4. The Hall–Kier alpha value is -1.40. The Labute approximate surface area is 122 Å². The number of hydrogen-bond donors (Lipinski definition) is 3. The lowest BCUT2D eigenvalue weighted by molar-refractivity contribution is 0.155. The summed E-state index contributed by atoms with van der Waals surface area (Å²) in [4.78, 5) is 15.4. The Morgan fingerprint density at radius 2 is 2.20 bits per heavy atom. The van der Waals surface area contributed by atoms with Crippen LogP contribution in [0.25, 0.3) is 11.2 Å². The summed E-state index contributed by atoms with van der Waals surface area (Å²) >= 11 is 5.93. The van der Waals surface area contributed by atoms with Crippen molar-refractivity contribution in [3.63, 3.8) is 0 Å². The number of fused-ring (bicyclic) bond motifs is 1. The number of aromatic amines is 1. The number of aliphatic hydroxyl groups is 1. The summed E-state index contributed by atoms with van der Waals surface area (Å²) in [5, 5.41) is 13.4. The van der Waals surface area contributed by atoms with E-state index in [0.717, 1.165) is 31.2 Å². The van der Waals surface area contributed by atoms with Crippen molar-refractivity contribution < 1.29 is 5.11 Å². The molecule has 0 aliphatic heterocycles. The van der Waals surface area contributed by atoms with Crippen LogP contribution in [0.4, 0.5) is 5.82 Å². The van der Waals surface area contributed by atoms with Gasteiger partial charge in [-0.25, -0.2) is 4.98 Å². The van der Waals surface area contributed by atoms with Gasteiger partial charge in [0, 0.05) is 0 Å². The normalized spacial score (nSPS) is 26.9. The minimum absolute atomic E-state index is 0.0803. The Morgan fingerprint density at radius 1 is 1.45 bits per heavy atom. The topological polar surface area (TPSA) is 86.7 Å². The molecule has 0 aromatic carbocycles. The SMILES string of the molecule is CC1CCC(CO)(Nc2nc(Cl)nc3nc[nH]c23)CC1. The molecular weight excluding hydrogens is 278 g/mol. The fourth-order valence-corrected chi connectivity index (χ4v) is 2.95. The first-order valence-electron chi connectivity index (χ1n) is 6.87. The zero-order chi connectivity index (χ0) is 14.2. The van der Waals surface area contributed by atoms with Crippen molar-refractivity contribution >= 4 is 28.6 Å². The van der Waals surface area contributed by atoms with E-state index in [1.807, 2.05) is 0 Å². The maximum absolute atomic E-state index is 9.82. The molecule has 0 unspecified atom stereocenters. The molecule has 2 heterocycles. The molecule has 0 spiro atoms. The molecule has 0 bridgehead atoms. The second kappa shape index (κ2) is 5.18. The van der Waals surface area contributed by atoms with Gasteiger partial charge in [-0.3, -0.25) is 0 Å². The largest absolute Gasteiger partial charge is 0.394 e. The molecule has 0 amide bonds. The van der Waals surface area contributed by atoms with Gasteiger partial charge >= 0.3 is 0 Å². The highest BCUT2D eigenvalue weighted by Crippen LogP contribution is 2.35. The molecule has 0 atom stereocenters. The van der Waals surface area contributed by atoms with Gasteiger partial charge in [0.25, 0.3) is 0 Å². The minimum atomic E-state index is -0.331. The van der Waals surface area contributed by atoms with Crippen LogP contribution in [0.1, 0.15) is 32.6 Å². The highest BCUT2D eigenvalue weighted by molar-refractivity contribution is 6.28. The van der Waals surface area contributed by atoms with Crippen molar-refractivity contribution in [2.75, 3.05) is 11.9 Å². The van der Waals surface area contributed by atoms with E-state index in [0.29, 0.717) is 17.4 Å². The standard InChI is InChI=1S/C13H18ClN5O/c1-8-2-4-13(6-20,5-3-8)19-11-9-10(16-7-15-9)17-12(14)18-11/h7-8,20H,2-6H2,1H3,(H2,15,16,17,18,19). The molecular formula is C13H18ClN5O. The lowest BCUT2D eigenvalue weighted by atomic mass is 9.77. The third kappa shape index (κ3) is 2.45. The van der Waals surface area contributed by atoms with Crippen LogP contribution in [-0.2, 0) is 0 Å². The summed E-state index contributed by atoms with van der Waals surface area (Å²) in [6.07, 6.45) is 5.59. The van der Waals surface area contributed by atoms with Crippen LogP contribution in [0.3, 0.4) is 0 Å². The van der Waals surface area contributed by atoms with E-state index in [9.17, 15) is 5.11 Å². The van der Waals surface area contributed by atoms with Crippen molar-refractivity contribution in [3.8, 4) is 0 Å². The van der Waals surface area contributed by atoms with Crippen LogP contribution in [-0.4, -0.2) is 37.2 Å². The summed E-state index contributed by atoms with van der Waals surface area (Å²) in [6.45, 7) is 2.33. The number of halogens is 1. The van der Waals surface area contributed by atoms with Crippen LogP contribution < -0.4 is 5.32 Å². The molecule has 3 rings (SSSR count). The van der Waals surface area contributed by atoms with Crippen LogP contribution >= 0.6 is 11.6 Å². The van der Waals surface area contributed by atoms with Crippen LogP contribution in [0.2, 0.25) is 5.28 Å². The van der Waals surface area contributed by atoms with E-state index in [1.165, 1.54) is 0 Å². The van der Waals surface area contributed by atoms with Crippen LogP contribution in [0.15, 0.2) is 6.33 Å². The van der Waals surface area contributed by atoms with Gasteiger partial charge in [-0.2, -0.15) is 9.97 Å². The van der Waals surface area contributed by atoms with Crippen molar-refractivity contribution in [3.05, 3.63) is 11.6 Å². The molecule has 1 aliphatic rings. The molecule has 1 aliphatic carbocycles. The van der Waals surface area contributed by atoms with Crippen LogP contribution in [0.5, 0.6) is 0 Å². The Kier molecular flexibility index (Phi) is 3.52. The molecule has 7 heteroatoms. The maximum Gasteiger partial charge on any atom is 0.226 e. The first kappa shape index (κ1) is 13.6. The highest BCUT2D eigenvalue weighted by Gasteiger charge is 2.34. The number of aliphatic hydroxyl groups excluding tert-OH is 1. The van der Waals surface area contributed by atoms with Crippen LogP contribution in [0, 0.1) is 5.92 Å². The molecule has 1 fully saturated rings. The molecule has 0 saturated heterocycles. The molecule has 108 valence electrons. The number of hydrogen-bond acceptors (Lipinski definition) is 5. The average molecular weight is 296 g/mol. The smallest absolute Gasteiger partial charge is 0.226 e. The summed E-state index contributed by atoms with van der Waals surface area (Å²) in [5.41, 5.74) is 0.924. The molecule has 2 aromatic heterocycles. The summed E-state index contributed by atoms with van der Waals surface area (Å²) in [6, 6.07) is 0. The molecule has 0 radical (unpaired) electrons. The average Bonchev–Trinajstić information content (AvgIpc) is 2.90. The maximum atomic E-state index is 9.82. The number of aromatic nitrogens is 4. The van der Waals surface area contributed by atoms with E-state index in [4.69, 9.17) is 11.6 Å². The van der Waals surface area contributed by atoms with Crippen molar-refractivity contribution in [2.45, 2.75) is 38.1 Å². The van der Waals surface area contributed by atoms with Gasteiger partial charge < -0.3 is 15.4 Å². The zero-order valence-corrected chi connectivity index (χ0v) is 12.1. The van der Waals surface area contributed by atoms with Gasteiger partial charge in [-0.1, -0.05) is 6.92 Å². The second-order valence-corrected chi connectivity index (χ2v) is 6.03. The second-order valence-electron chi connectivity index (χ2n) is 5.69. The number of anilines is 1. The number of H-pyrrole nitrogens is 1. The Morgan fingerprint density at radius 3 is 2.90 bits per heavy atom. The third-order valence-electron chi connectivity index (χ3n) is 4.18. The summed E-state index contributed by atoms with van der Waals surface area (Å²) in [5.74, 6) is 1.32. The van der Waals surface area contributed by atoms with Crippen molar-refractivity contribution in [2.24, 2.45) is 5.92 Å². The molecule has 3 N–H and O–H groups in total. The van der Waals surface area contributed by atoms with Crippen molar-refractivity contribution in [1.29, 1.82) is 0 Å².